The van der Waals surface area contributed by atoms with Crippen molar-refractivity contribution in [2.24, 2.45) is 4.99 Å². The van der Waals surface area contributed by atoms with Crippen molar-refractivity contribution in [2.45, 2.75) is 71.0 Å². The number of nitrogens with one attached hydrogen (secondary N) is 2. The van der Waals surface area contributed by atoms with Gasteiger partial charge in [-0.15, -0.1) is 0 Å². The number of hydrogen-bond acceptors (Lipinski definition) is 4. The minimum absolute atomic E-state index is 0.0200. The van der Waals surface area contributed by atoms with Crippen molar-refractivity contribution in [1.29, 1.82) is 0 Å². The summed E-state index contributed by atoms with van der Waals surface area (Å²) in [5, 5.41) is 7.58. The number of carbonyl (C=O) groups excluding carboxylic acids is 1. The smallest absolute Gasteiger partial charge is 0.251 e. The minimum atomic E-state index is -0.361. The maximum Gasteiger partial charge on any atom is 0.251 e. The first kappa shape index (κ1) is 22.9. The lowest BCUT2D eigenvalue weighted by Gasteiger charge is -2.24. The molecule has 2 unspecified atom stereocenters. The number of carbonyl (C=O) groups is 1. The van der Waals surface area contributed by atoms with Crippen molar-refractivity contribution < 1.29 is 9.18 Å². The van der Waals surface area contributed by atoms with Gasteiger partial charge in [0.25, 0.3) is 5.56 Å². The lowest BCUT2D eigenvalue weighted by Crippen LogP contribution is -2.31. The largest absolute Gasteiger partial charge is 0.354 e. The molecule has 1 aliphatic heterocycles. The van der Waals surface area contributed by atoms with Gasteiger partial charge in [0.05, 0.1) is 23.1 Å². The van der Waals surface area contributed by atoms with Crippen molar-refractivity contribution >= 4 is 23.0 Å². The molecule has 0 aliphatic carbocycles. The normalized spacial score (nSPS) is 18.2. The number of halogens is 1. The summed E-state index contributed by atoms with van der Waals surface area (Å²) in [6.45, 7) is 6.46. The first-order valence-corrected chi connectivity index (χ1v) is 11.5. The van der Waals surface area contributed by atoms with Crippen LogP contribution in [0.15, 0.2) is 40.2 Å². The number of aromatic amines is 1. The van der Waals surface area contributed by atoms with Gasteiger partial charge < -0.3 is 10.3 Å². The van der Waals surface area contributed by atoms with Crippen LogP contribution in [-0.2, 0) is 11.3 Å². The number of aryl methyl sites for hydroxylation is 1. The van der Waals surface area contributed by atoms with Gasteiger partial charge in [0.1, 0.15) is 5.82 Å². The van der Waals surface area contributed by atoms with Gasteiger partial charge in [0.15, 0.2) is 0 Å². The summed E-state index contributed by atoms with van der Waals surface area (Å²) < 4.78 is 16.3. The molecule has 3 heterocycles. The average Bonchev–Trinajstić information content (AvgIpc) is 3.21. The van der Waals surface area contributed by atoms with E-state index in [9.17, 15) is 14.0 Å². The molecule has 7 nitrogen and oxygen atoms in total. The van der Waals surface area contributed by atoms with Crippen LogP contribution in [0.2, 0.25) is 0 Å². The van der Waals surface area contributed by atoms with Crippen molar-refractivity contribution in [1.82, 2.24) is 20.1 Å². The molecule has 0 fully saturated rings. The van der Waals surface area contributed by atoms with E-state index in [0.29, 0.717) is 53.5 Å². The van der Waals surface area contributed by atoms with Gasteiger partial charge in [-0.1, -0.05) is 6.07 Å². The van der Waals surface area contributed by atoms with Crippen molar-refractivity contribution in [3.8, 4) is 11.3 Å². The number of nitrogens with zero attached hydrogens (tertiary/aromatic N) is 3. The molecule has 2 atom stereocenters. The average molecular weight is 452 g/mol. The summed E-state index contributed by atoms with van der Waals surface area (Å²) >= 11 is 0. The lowest BCUT2D eigenvalue weighted by molar-refractivity contribution is -0.121. The van der Waals surface area contributed by atoms with E-state index in [0.717, 1.165) is 6.42 Å². The van der Waals surface area contributed by atoms with Crippen LogP contribution in [0.5, 0.6) is 0 Å². The van der Waals surface area contributed by atoms with Gasteiger partial charge in [-0.3, -0.25) is 19.3 Å². The molecule has 0 saturated carbocycles. The fourth-order valence-corrected chi connectivity index (χ4v) is 4.48. The third kappa shape index (κ3) is 5.05. The highest BCUT2D eigenvalue weighted by molar-refractivity contribution is 5.84. The van der Waals surface area contributed by atoms with Crippen LogP contribution in [0.25, 0.3) is 22.2 Å². The van der Waals surface area contributed by atoms with E-state index >= 15 is 0 Å². The van der Waals surface area contributed by atoms with Gasteiger partial charge >= 0.3 is 0 Å². The maximum absolute atomic E-state index is 14.6. The van der Waals surface area contributed by atoms with E-state index in [4.69, 9.17) is 0 Å². The lowest BCUT2D eigenvalue weighted by atomic mass is 9.87. The highest BCUT2D eigenvalue weighted by Gasteiger charge is 2.23. The Kier molecular flexibility index (Phi) is 6.72. The molecule has 4 rings (SSSR count). The Morgan fingerprint density at radius 3 is 2.88 bits per heavy atom. The summed E-state index contributed by atoms with van der Waals surface area (Å²) in [5.41, 5.74) is 2.40. The van der Waals surface area contributed by atoms with E-state index in [2.05, 4.69) is 20.4 Å². The van der Waals surface area contributed by atoms with Crippen molar-refractivity contribution in [3.63, 3.8) is 0 Å². The summed E-state index contributed by atoms with van der Waals surface area (Å²) in [7, 11) is 0. The maximum atomic E-state index is 14.6. The highest BCUT2D eigenvalue weighted by Crippen LogP contribution is 2.30. The Balaban J connectivity index is 1.51. The molecule has 2 aromatic heterocycles. The van der Waals surface area contributed by atoms with E-state index in [-0.39, 0.29) is 35.3 Å². The summed E-state index contributed by atoms with van der Waals surface area (Å²) in [6.07, 6.45) is 5.88. The molecule has 8 heteroatoms. The van der Waals surface area contributed by atoms with Crippen LogP contribution in [0.4, 0.5) is 4.39 Å². The molecular formula is C25H30FN5O2. The van der Waals surface area contributed by atoms with E-state index in [1.165, 1.54) is 12.3 Å². The molecule has 1 aromatic carbocycles. The molecule has 0 spiro atoms. The number of aromatic nitrogens is 3. The third-order valence-electron chi connectivity index (χ3n) is 6.12. The molecule has 0 bridgehead atoms. The standard InChI is InChI=1S/C25H30FN5O2/c1-4-31-23-13-17(12-21(26)20(23)14-28-31)22-7-6-19(25(33)30-22)16-9-10-27-18(11-16)5-8-24(32)29-15(2)3/h6-7,10,12-16,18H,4-5,8-9,11H2,1-3H3,(H,29,32)(H,30,33). The zero-order valence-corrected chi connectivity index (χ0v) is 19.3. The molecule has 0 radical (unpaired) electrons. The number of amides is 1. The van der Waals surface area contributed by atoms with Crippen molar-refractivity contribution in [2.75, 3.05) is 0 Å². The fourth-order valence-electron chi connectivity index (χ4n) is 4.48. The molecule has 33 heavy (non-hydrogen) atoms. The van der Waals surface area contributed by atoms with Crippen LogP contribution in [0, 0.1) is 5.82 Å². The Hall–Kier alpha value is -3.29. The Labute approximate surface area is 192 Å². The zero-order valence-electron chi connectivity index (χ0n) is 19.3. The third-order valence-corrected chi connectivity index (χ3v) is 6.12. The second-order valence-corrected chi connectivity index (χ2v) is 8.92. The second kappa shape index (κ2) is 9.68. The van der Waals surface area contributed by atoms with Gasteiger partial charge in [0.2, 0.25) is 5.91 Å². The number of aliphatic imine (C=N–C) groups is 1. The Morgan fingerprint density at radius 2 is 2.15 bits per heavy atom. The summed E-state index contributed by atoms with van der Waals surface area (Å²) in [4.78, 5) is 32.4. The minimum Gasteiger partial charge on any atom is -0.354 e. The number of benzene rings is 1. The van der Waals surface area contributed by atoms with Crippen LogP contribution < -0.4 is 10.9 Å². The first-order valence-electron chi connectivity index (χ1n) is 11.5. The van der Waals surface area contributed by atoms with Crippen LogP contribution in [-0.4, -0.2) is 39.0 Å². The SMILES string of the molecule is CCn1ncc2c(F)cc(-c3ccc(C4CC=NC(CCC(=O)NC(C)C)C4)c(=O)[nH]3)cc21. The molecule has 1 aliphatic rings. The van der Waals surface area contributed by atoms with Crippen LogP contribution in [0.1, 0.15) is 57.9 Å². The monoisotopic (exact) mass is 451 g/mol. The van der Waals surface area contributed by atoms with Crippen LogP contribution >= 0.6 is 0 Å². The number of rotatable bonds is 7. The molecule has 2 N–H and O–H groups in total. The fraction of sp³-hybridized carbons (Fsp3) is 0.440. The zero-order chi connectivity index (χ0) is 23.5. The van der Waals surface area contributed by atoms with Crippen molar-refractivity contribution in [3.05, 3.63) is 52.2 Å². The molecule has 174 valence electrons. The van der Waals surface area contributed by atoms with Gasteiger partial charge in [-0.2, -0.15) is 5.10 Å². The van der Waals surface area contributed by atoms with Crippen LogP contribution in [0.3, 0.4) is 0 Å². The van der Waals surface area contributed by atoms with Gasteiger partial charge in [-0.05, 0) is 70.4 Å². The number of H-pyrrole nitrogens is 1. The number of hydrogen-bond donors (Lipinski definition) is 2. The van der Waals surface area contributed by atoms with E-state index in [1.807, 2.05) is 45.2 Å². The van der Waals surface area contributed by atoms with Gasteiger partial charge in [-0.25, -0.2) is 4.39 Å². The topological polar surface area (TPSA) is 92.1 Å². The molecule has 3 aromatic rings. The molecule has 0 saturated heterocycles. The second-order valence-electron chi connectivity index (χ2n) is 8.92. The summed E-state index contributed by atoms with van der Waals surface area (Å²) in [5.74, 6) is -0.294. The number of fused-ring (bicyclic) bond motifs is 1. The first-order chi connectivity index (χ1) is 15.9. The van der Waals surface area contributed by atoms with E-state index in [1.54, 1.807) is 4.68 Å². The Bertz CT molecular complexity index is 1240. The molecule has 1 amide bonds. The Morgan fingerprint density at radius 1 is 1.33 bits per heavy atom. The van der Waals surface area contributed by atoms with Gasteiger partial charge in [0, 0.05) is 35.8 Å². The quantitative estimate of drug-likeness (QED) is 0.565. The predicted octanol–water partition coefficient (Wildman–Crippen LogP) is 4.17. The molecular weight excluding hydrogens is 421 g/mol. The highest BCUT2D eigenvalue weighted by atomic mass is 19.1. The van der Waals surface area contributed by atoms with E-state index < -0.39 is 0 Å². The summed E-state index contributed by atoms with van der Waals surface area (Å²) in [6, 6.07) is 7.09. The predicted molar refractivity (Wildman–Crippen MR) is 128 cm³/mol. The number of pyridine rings is 1.